The van der Waals surface area contributed by atoms with Crippen molar-refractivity contribution in [2.24, 2.45) is 5.41 Å². The van der Waals surface area contributed by atoms with Crippen LogP contribution in [0.1, 0.15) is 33.0 Å². The van der Waals surface area contributed by atoms with Gasteiger partial charge in [-0.25, -0.2) is 0 Å². The van der Waals surface area contributed by atoms with Crippen LogP contribution < -0.4 is 0 Å². The summed E-state index contributed by atoms with van der Waals surface area (Å²) in [5, 5.41) is 0. The minimum atomic E-state index is 0.247. The molecule has 0 unspecified atom stereocenters. The van der Waals surface area contributed by atoms with Crippen LogP contribution in [0.15, 0.2) is 22.8 Å². The normalized spacial score (nSPS) is 17.4. The fourth-order valence-electron chi connectivity index (χ4n) is 2.67. The molecular weight excluding hydrogens is 252 g/mol. The number of aryl methyl sites for hydroxylation is 1. The van der Waals surface area contributed by atoms with Gasteiger partial charge in [-0.15, -0.1) is 0 Å². The van der Waals surface area contributed by atoms with Gasteiger partial charge in [0.05, 0.1) is 6.26 Å². The first kappa shape index (κ1) is 15.1. The van der Waals surface area contributed by atoms with Gasteiger partial charge in [-0.1, -0.05) is 20.8 Å². The highest BCUT2D eigenvalue weighted by Gasteiger charge is 2.23. The Kier molecular flexibility index (Phi) is 4.86. The lowest BCUT2D eigenvalue weighted by atomic mass is 9.96. The van der Waals surface area contributed by atoms with E-state index in [2.05, 4.69) is 25.7 Å². The molecule has 1 aliphatic heterocycles. The van der Waals surface area contributed by atoms with Gasteiger partial charge in [0.2, 0.25) is 5.91 Å². The summed E-state index contributed by atoms with van der Waals surface area (Å²) in [5.74, 6) is 1.14. The molecule has 112 valence electrons. The van der Waals surface area contributed by atoms with Crippen molar-refractivity contribution < 1.29 is 9.21 Å². The highest BCUT2D eigenvalue weighted by molar-refractivity contribution is 5.76. The molecule has 0 bridgehead atoms. The fourth-order valence-corrected chi connectivity index (χ4v) is 2.67. The summed E-state index contributed by atoms with van der Waals surface area (Å²) < 4.78 is 5.26. The van der Waals surface area contributed by atoms with E-state index in [1.807, 2.05) is 17.0 Å². The van der Waals surface area contributed by atoms with E-state index >= 15 is 0 Å². The Morgan fingerprint density at radius 3 is 2.50 bits per heavy atom. The first-order valence-electron chi connectivity index (χ1n) is 7.46. The second-order valence-electron chi connectivity index (χ2n) is 6.80. The van der Waals surface area contributed by atoms with Crippen LogP contribution in [0.2, 0.25) is 0 Å². The third-order valence-electron chi connectivity index (χ3n) is 3.59. The molecule has 0 saturated carbocycles. The number of amides is 1. The van der Waals surface area contributed by atoms with Gasteiger partial charge in [0.15, 0.2) is 0 Å². The monoisotopic (exact) mass is 278 g/mol. The average Bonchev–Trinajstić information content (AvgIpc) is 2.88. The number of piperazine rings is 1. The van der Waals surface area contributed by atoms with E-state index < -0.39 is 0 Å². The summed E-state index contributed by atoms with van der Waals surface area (Å²) in [5.41, 5.74) is 0.325. The lowest BCUT2D eigenvalue weighted by Crippen LogP contribution is -2.50. The summed E-state index contributed by atoms with van der Waals surface area (Å²) in [6.07, 6.45) is 2.91. The van der Waals surface area contributed by atoms with E-state index in [9.17, 15) is 4.79 Å². The number of hydrogen-bond acceptors (Lipinski definition) is 3. The zero-order chi connectivity index (χ0) is 14.6. The summed E-state index contributed by atoms with van der Waals surface area (Å²) >= 11 is 0. The minimum absolute atomic E-state index is 0.247. The third-order valence-corrected chi connectivity index (χ3v) is 3.59. The molecule has 2 heterocycles. The molecule has 20 heavy (non-hydrogen) atoms. The highest BCUT2D eigenvalue weighted by Crippen LogP contribution is 2.17. The Morgan fingerprint density at radius 2 is 1.95 bits per heavy atom. The molecule has 4 nitrogen and oxygen atoms in total. The van der Waals surface area contributed by atoms with Crippen molar-refractivity contribution in [2.45, 2.75) is 33.6 Å². The van der Waals surface area contributed by atoms with Gasteiger partial charge in [-0.05, 0) is 17.5 Å². The Hall–Kier alpha value is -1.29. The summed E-state index contributed by atoms with van der Waals surface area (Å²) in [4.78, 5) is 16.6. The summed E-state index contributed by atoms with van der Waals surface area (Å²) in [6, 6.07) is 3.79. The molecule has 0 aliphatic carbocycles. The SMILES string of the molecule is CC(C)(C)CN1CCN(C(=O)CCc2ccco2)CC1. The molecule has 4 heteroatoms. The maximum atomic E-state index is 12.2. The highest BCUT2D eigenvalue weighted by atomic mass is 16.3. The number of furan rings is 1. The number of hydrogen-bond donors (Lipinski definition) is 0. The lowest BCUT2D eigenvalue weighted by molar-refractivity contribution is -0.133. The molecule has 1 saturated heterocycles. The van der Waals surface area contributed by atoms with Crippen LogP contribution in [0.25, 0.3) is 0 Å². The predicted molar refractivity (Wildman–Crippen MR) is 79.5 cm³/mol. The van der Waals surface area contributed by atoms with Crippen LogP contribution in [0, 0.1) is 5.41 Å². The van der Waals surface area contributed by atoms with E-state index in [4.69, 9.17) is 4.42 Å². The van der Waals surface area contributed by atoms with Gasteiger partial charge >= 0.3 is 0 Å². The van der Waals surface area contributed by atoms with E-state index in [0.717, 1.165) is 38.5 Å². The Labute approximate surface area is 121 Å². The Bertz CT molecular complexity index is 412. The zero-order valence-electron chi connectivity index (χ0n) is 12.9. The van der Waals surface area contributed by atoms with Crippen molar-refractivity contribution >= 4 is 5.91 Å². The van der Waals surface area contributed by atoms with E-state index in [-0.39, 0.29) is 5.91 Å². The lowest BCUT2D eigenvalue weighted by Gasteiger charge is -2.37. The average molecular weight is 278 g/mol. The molecule has 1 amide bonds. The molecule has 0 atom stereocenters. The minimum Gasteiger partial charge on any atom is -0.469 e. The maximum absolute atomic E-state index is 12.2. The molecule has 0 aromatic carbocycles. The van der Waals surface area contributed by atoms with Gasteiger partial charge in [0, 0.05) is 45.6 Å². The number of carbonyl (C=O) groups excluding carboxylic acids is 1. The first-order valence-corrected chi connectivity index (χ1v) is 7.46. The molecular formula is C16H26N2O2. The Morgan fingerprint density at radius 1 is 1.25 bits per heavy atom. The zero-order valence-corrected chi connectivity index (χ0v) is 12.9. The third kappa shape index (κ3) is 4.67. The van der Waals surface area contributed by atoms with E-state index in [0.29, 0.717) is 18.3 Å². The molecule has 1 aromatic heterocycles. The number of rotatable bonds is 4. The van der Waals surface area contributed by atoms with Crippen molar-refractivity contribution in [3.05, 3.63) is 24.2 Å². The standard InChI is InChI=1S/C16H26N2O2/c1-16(2,3)13-17-8-10-18(11-9-17)15(19)7-6-14-5-4-12-20-14/h4-5,12H,6-11,13H2,1-3H3. The molecule has 1 aliphatic rings. The van der Waals surface area contributed by atoms with Crippen molar-refractivity contribution in [1.29, 1.82) is 0 Å². The van der Waals surface area contributed by atoms with Crippen LogP contribution in [0.3, 0.4) is 0 Å². The first-order chi connectivity index (χ1) is 9.44. The van der Waals surface area contributed by atoms with Gasteiger partial charge in [0.25, 0.3) is 0 Å². The van der Waals surface area contributed by atoms with Crippen molar-refractivity contribution in [3.8, 4) is 0 Å². The van der Waals surface area contributed by atoms with Crippen LogP contribution in [-0.2, 0) is 11.2 Å². The van der Waals surface area contributed by atoms with Crippen molar-refractivity contribution in [2.75, 3.05) is 32.7 Å². The largest absolute Gasteiger partial charge is 0.469 e. The Balaban J connectivity index is 1.71. The fraction of sp³-hybridized carbons (Fsp3) is 0.688. The molecule has 1 fully saturated rings. The van der Waals surface area contributed by atoms with Gasteiger partial charge in [0.1, 0.15) is 5.76 Å². The van der Waals surface area contributed by atoms with Crippen LogP contribution in [-0.4, -0.2) is 48.4 Å². The van der Waals surface area contributed by atoms with Gasteiger partial charge < -0.3 is 9.32 Å². The van der Waals surface area contributed by atoms with Crippen LogP contribution >= 0.6 is 0 Å². The summed E-state index contributed by atoms with van der Waals surface area (Å²) in [7, 11) is 0. The topological polar surface area (TPSA) is 36.7 Å². The van der Waals surface area contributed by atoms with Crippen LogP contribution in [0.4, 0.5) is 0 Å². The quantitative estimate of drug-likeness (QED) is 0.848. The van der Waals surface area contributed by atoms with Crippen LogP contribution in [0.5, 0.6) is 0 Å². The van der Waals surface area contributed by atoms with Gasteiger partial charge in [-0.3, -0.25) is 9.69 Å². The number of nitrogens with zero attached hydrogens (tertiary/aromatic N) is 2. The maximum Gasteiger partial charge on any atom is 0.223 e. The molecule has 0 spiro atoms. The molecule has 0 N–H and O–H groups in total. The van der Waals surface area contributed by atoms with Crippen molar-refractivity contribution in [3.63, 3.8) is 0 Å². The van der Waals surface area contributed by atoms with Crippen molar-refractivity contribution in [1.82, 2.24) is 9.80 Å². The smallest absolute Gasteiger partial charge is 0.223 e. The number of carbonyl (C=O) groups is 1. The second-order valence-corrected chi connectivity index (χ2v) is 6.80. The second kappa shape index (κ2) is 6.44. The van der Waals surface area contributed by atoms with Gasteiger partial charge in [-0.2, -0.15) is 0 Å². The molecule has 1 aromatic rings. The van der Waals surface area contributed by atoms with E-state index in [1.54, 1.807) is 6.26 Å². The predicted octanol–water partition coefficient (Wildman–Crippen LogP) is 2.40. The summed E-state index contributed by atoms with van der Waals surface area (Å²) in [6.45, 7) is 11.6. The molecule has 0 radical (unpaired) electrons. The van der Waals surface area contributed by atoms with E-state index in [1.165, 1.54) is 0 Å². The molecule has 2 rings (SSSR count).